The SMILES string of the molecule is Cc1ccc(COc2ccc(-c3ccc(C(C)O)cc3)cc2)cc1. The van der Waals surface area contributed by atoms with Gasteiger partial charge < -0.3 is 9.84 Å². The minimum Gasteiger partial charge on any atom is -0.489 e. The van der Waals surface area contributed by atoms with Crippen molar-refractivity contribution < 1.29 is 9.84 Å². The quantitative estimate of drug-likeness (QED) is 0.692. The molecule has 122 valence electrons. The van der Waals surface area contributed by atoms with Gasteiger partial charge >= 0.3 is 0 Å². The van der Waals surface area contributed by atoms with Gasteiger partial charge in [0.15, 0.2) is 0 Å². The lowest BCUT2D eigenvalue weighted by atomic mass is 10.0. The van der Waals surface area contributed by atoms with E-state index in [4.69, 9.17) is 4.74 Å². The minimum absolute atomic E-state index is 0.434. The van der Waals surface area contributed by atoms with Gasteiger partial charge in [0.05, 0.1) is 6.10 Å². The Morgan fingerprint density at radius 2 is 1.33 bits per heavy atom. The highest BCUT2D eigenvalue weighted by molar-refractivity contribution is 5.64. The fourth-order valence-electron chi connectivity index (χ4n) is 2.55. The van der Waals surface area contributed by atoms with Gasteiger partial charge in [0, 0.05) is 0 Å². The second kappa shape index (κ2) is 7.33. The summed E-state index contributed by atoms with van der Waals surface area (Å²) in [6.07, 6.45) is -0.434. The third-order valence-corrected chi connectivity index (χ3v) is 4.11. The first kappa shape index (κ1) is 16.3. The molecule has 2 heteroatoms. The highest BCUT2D eigenvalue weighted by Gasteiger charge is 2.03. The Morgan fingerprint density at radius 3 is 1.88 bits per heavy atom. The van der Waals surface area contributed by atoms with E-state index in [1.807, 2.05) is 36.4 Å². The number of aliphatic hydroxyl groups is 1. The molecule has 0 radical (unpaired) electrons. The van der Waals surface area contributed by atoms with Crippen LogP contribution in [0, 0.1) is 6.92 Å². The molecule has 0 aliphatic heterocycles. The molecule has 0 bridgehead atoms. The molecule has 1 unspecified atom stereocenters. The molecule has 0 spiro atoms. The van der Waals surface area contributed by atoms with E-state index in [0.717, 1.165) is 22.4 Å². The summed E-state index contributed by atoms with van der Waals surface area (Å²) in [5.41, 5.74) is 5.61. The van der Waals surface area contributed by atoms with Crippen LogP contribution in [-0.2, 0) is 6.61 Å². The largest absolute Gasteiger partial charge is 0.489 e. The molecule has 0 fully saturated rings. The molecule has 24 heavy (non-hydrogen) atoms. The van der Waals surface area contributed by atoms with Gasteiger partial charge in [-0.15, -0.1) is 0 Å². The Balaban J connectivity index is 1.65. The molecule has 1 atom stereocenters. The maximum atomic E-state index is 9.57. The summed E-state index contributed by atoms with van der Waals surface area (Å²) >= 11 is 0. The summed E-state index contributed by atoms with van der Waals surface area (Å²) in [7, 11) is 0. The standard InChI is InChI=1S/C22H22O2/c1-16-3-5-18(6-4-16)15-24-22-13-11-21(12-14-22)20-9-7-19(8-10-20)17(2)23/h3-14,17,23H,15H2,1-2H3. The van der Waals surface area contributed by atoms with E-state index in [2.05, 4.69) is 43.3 Å². The number of aryl methyl sites for hydroxylation is 1. The van der Waals surface area contributed by atoms with Crippen molar-refractivity contribution >= 4 is 0 Å². The molecule has 3 aromatic rings. The van der Waals surface area contributed by atoms with Gasteiger partial charge in [0.25, 0.3) is 0 Å². The molecule has 0 aromatic heterocycles. The van der Waals surface area contributed by atoms with Gasteiger partial charge in [-0.2, -0.15) is 0 Å². The van der Waals surface area contributed by atoms with Crippen LogP contribution in [0.5, 0.6) is 5.75 Å². The topological polar surface area (TPSA) is 29.5 Å². The number of rotatable bonds is 5. The predicted octanol–water partition coefficient (Wildman–Crippen LogP) is 5.29. The monoisotopic (exact) mass is 318 g/mol. The Morgan fingerprint density at radius 1 is 0.792 bits per heavy atom. The van der Waals surface area contributed by atoms with Gasteiger partial charge in [-0.25, -0.2) is 0 Å². The van der Waals surface area contributed by atoms with Crippen molar-refractivity contribution in [2.45, 2.75) is 26.6 Å². The number of ether oxygens (including phenoxy) is 1. The molecule has 0 aliphatic rings. The summed E-state index contributed by atoms with van der Waals surface area (Å²) in [4.78, 5) is 0. The van der Waals surface area contributed by atoms with Crippen molar-refractivity contribution in [3.05, 3.63) is 89.5 Å². The fraction of sp³-hybridized carbons (Fsp3) is 0.182. The second-order valence-electron chi connectivity index (χ2n) is 6.10. The summed E-state index contributed by atoms with van der Waals surface area (Å²) in [5.74, 6) is 0.861. The Bertz CT molecular complexity index is 770. The number of hydrogen-bond acceptors (Lipinski definition) is 2. The second-order valence-corrected chi connectivity index (χ2v) is 6.10. The van der Waals surface area contributed by atoms with Gasteiger partial charge in [0.1, 0.15) is 12.4 Å². The van der Waals surface area contributed by atoms with E-state index in [1.165, 1.54) is 11.1 Å². The van der Waals surface area contributed by atoms with E-state index in [-0.39, 0.29) is 0 Å². The van der Waals surface area contributed by atoms with Crippen molar-refractivity contribution in [3.8, 4) is 16.9 Å². The lowest BCUT2D eigenvalue weighted by Crippen LogP contribution is -1.95. The summed E-state index contributed by atoms with van der Waals surface area (Å²) < 4.78 is 5.84. The summed E-state index contributed by atoms with van der Waals surface area (Å²) in [5, 5.41) is 9.57. The van der Waals surface area contributed by atoms with E-state index in [0.29, 0.717) is 6.61 Å². The van der Waals surface area contributed by atoms with Crippen LogP contribution in [0.1, 0.15) is 29.7 Å². The molecule has 0 aliphatic carbocycles. The Labute approximate surface area is 143 Å². The van der Waals surface area contributed by atoms with Gasteiger partial charge in [-0.05, 0) is 48.2 Å². The first-order valence-electron chi connectivity index (χ1n) is 8.18. The lowest BCUT2D eigenvalue weighted by Gasteiger charge is -2.09. The third kappa shape index (κ3) is 4.03. The van der Waals surface area contributed by atoms with E-state index in [9.17, 15) is 5.11 Å². The van der Waals surface area contributed by atoms with Crippen LogP contribution >= 0.6 is 0 Å². The molecule has 3 aromatic carbocycles. The molecule has 1 N–H and O–H groups in total. The van der Waals surface area contributed by atoms with Crippen LogP contribution in [0.4, 0.5) is 0 Å². The average Bonchev–Trinajstić information content (AvgIpc) is 2.62. The van der Waals surface area contributed by atoms with Crippen LogP contribution < -0.4 is 4.74 Å². The first-order chi connectivity index (χ1) is 11.6. The Hall–Kier alpha value is -2.58. The molecule has 2 nitrogen and oxygen atoms in total. The van der Waals surface area contributed by atoms with Crippen molar-refractivity contribution in [1.29, 1.82) is 0 Å². The summed E-state index contributed by atoms with van der Waals surface area (Å²) in [6, 6.07) is 24.5. The first-order valence-corrected chi connectivity index (χ1v) is 8.18. The zero-order valence-corrected chi connectivity index (χ0v) is 14.1. The molecule has 3 rings (SSSR count). The minimum atomic E-state index is -0.434. The van der Waals surface area contributed by atoms with E-state index >= 15 is 0 Å². The highest BCUT2D eigenvalue weighted by atomic mass is 16.5. The predicted molar refractivity (Wildman–Crippen MR) is 98.0 cm³/mol. The van der Waals surface area contributed by atoms with Gasteiger partial charge in [-0.1, -0.05) is 66.2 Å². The van der Waals surface area contributed by atoms with Crippen molar-refractivity contribution in [2.75, 3.05) is 0 Å². The maximum absolute atomic E-state index is 9.57. The average molecular weight is 318 g/mol. The third-order valence-electron chi connectivity index (χ3n) is 4.11. The molecular formula is C22H22O2. The highest BCUT2D eigenvalue weighted by Crippen LogP contribution is 2.24. The molecule has 0 amide bonds. The molecule has 0 saturated heterocycles. The Kier molecular flexibility index (Phi) is 4.97. The van der Waals surface area contributed by atoms with Gasteiger partial charge in [-0.3, -0.25) is 0 Å². The zero-order valence-electron chi connectivity index (χ0n) is 14.1. The zero-order chi connectivity index (χ0) is 16.9. The number of benzene rings is 3. The van der Waals surface area contributed by atoms with Crippen LogP contribution in [0.2, 0.25) is 0 Å². The molecular weight excluding hydrogens is 296 g/mol. The fourth-order valence-corrected chi connectivity index (χ4v) is 2.55. The molecule has 0 heterocycles. The van der Waals surface area contributed by atoms with Crippen LogP contribution in [0.15, 0.2) is 72.8 Å². The number of hydrogen-bond donors (Lipinski definition) is 1. The van der Waals surface area contributed by atoms with Gasteiger partial charge in [0.2, 0.25) is 0 Å². The van der Waals surface area contributed by atoms with Crippen LogP contribution in [0.25, 0.3) is 11.1 Å². The lowest BCUT2D eigenvalue weighted by molar-refractivity contribution is 0.199. The smallest absolute Gasteiger partial charge is 0.119 e. The summed E-state index contributed by atoms with van der Waals surface area (Å²) in [6.45, 7) is 4.43. The van der Waals surface area contributed by atoms with E-state index < -0.39 is 6.10 Å². The number of aliphatic hydroxyl groups excluding tert-OH is 1. The van der Waals surface area contributed by atoms with Crippen molar-refractivity contribution in [3.63, 3.8) is 0 Å². The van der Waals surface area contributed by atoms with Crippen LogP contribution in [0.3, 0.4) is 0 Å². The van der Waals surface area contributed by atoms with Crippen molar-refractivity contribution in [2.24, 2.45) is 0 Å². The normalized spacial score (nSPS) is 12.0. The maximum Gasteiger partial charge on any atom is 0.119 e. The van der Waals surface area contributed by atoms with E-state index in [1.54, 1.807) is 6.92 Å². The molecule has 0 saturated carbocycles. The van der Waals surface area contributed by atoms with Crippen molar-refractivity contribution in [1.82, 2.24) is 0 Å². The van der Waals surface area contributed by atoms with Crippen LogP contribution in [-0.4, -0.2) is 5.11 Å².